The van der Waals surface area contributed by atoms with Crippen LogP contribution in [0.25, 0.3) is 0 Å². The topological polar surface area (TPSA) is 17.1 Å². The largest absolute Gasteiger partial charge is 0.459 e. The van der Waals surface area contributed by atoms with Gasteiger partial charge in [-0.15, -0.1) is 0 Å². The number of hydrogen-bond acceptors (Lipinski definition) is 2. The smallest absolute Gasteiger partial charge is 0.282 e. The Bertz CT molecular complexity index is 543. The van der Waals surface area contributed by atoms with Gasteiger partial charge >= 0.3 is 18.0 Å². The molecule has 0 radical (unpaired) electrons. The van der Waals surface area contributed by atoms with E-state index in [9.17, 15) is 39.9 Å². The Kier molecular flexibility index (Phi) is 6.66. The number of alkyl halides is 8. The van der Waals surface area contributed by atoms with Crippen LogP contribution in [0.1, 0.15) is 23.2 Å². The van der Waals surface area contributed by atoms with Gasteiger partial charge in [-0.2, -0.15) is 30.7 Å². The van der Waals surface area contributed by atoms with Gasteiger partial charge in [0.05, 0.1) is 0 Å². The molecule has 1 rings (SSSR count). The van der Waals surface area contributed by atoms with Gasteiger partial charge in [0.25, 0.3) is 0 Å². The quantitative estimate of drug-likeness (QED) is 0.458. The van der Waals surface area contributed by atoms with Crippen LogP contribution in [0.5, 0.6) is 0 Å². The average molecular weight is 380 g/mol. The summed E-state index contributed by atoms with van der Waals surface area (Å²) in [6.45, 7) is 0. The van der Waals surface area contributed by atoms with Crippen molar-refractivity contribution >= 4 is 16.9 Å². The second-order valence-corrected chi connectivity index (χ2v) is 5.87. The highest BCUT2D eigenvalue weighted by Crippen LogP contribution is 2.49. The monoisotopic (exact) mass is 380 g/mol. The summed E-state index contributed by atoms with van der Waals surface area (Å²) in [6.07, 6.45) is -11.9. The van der Waals surface area contributed by atoms with E-state index in [4.69, 9.17) is 0 Å². The van der Waals surface area contributed by atoms with E-state index in [1.165, 1.54) is 12.1 Å². The van der Waals surface area contributed by atoms with E-state index < -0.39 is 42.1 Å². The van der Waals surface area contributed by atoms with Crippen molar-refractivity contribution in [3.63, 3.8) is 0 Å². The van der Waals surface area contributed by atoms with Crippen molar-refractivity contribution in [2.75, 3.05) is 5.75 Å². The van der Waals surface area contributed by atoms with Crippen LogP contribution in [0.2, 0.25) is 0 Å². The van der Waals surface area contributed by atoms with Crippen molar-refractivity contribution in [3.8, 4) is 0 Å². The zero-order valence-corrected chi connectivity index (χ0v) is 12.7. The summed E-state index contributed by atoms with van der Waals surface area (Å²) in [5.74, 6) is -12.5. The summed E-state index contributed by atoms with van der Waals surface area (Å²) in [6, 6.07) is 7.75. The Morgan fingerprint density at radius 2 is 1.54 bits per heavy atom. The molecule has 1 aromatic rings. The van der Waals surface area contributed by atoms with Crippen LogP contribution < -0.4 is 0 Å². The minimum Gasteiger partial charge on any atom is -0.282 e. The summed E-state index contributed by atoms with van der Waals surface area (Å²) in [5.41, 5.74) is 0.299. The molecule has 0 aromatic heterocycles. The van der Waals surface area contributed by atoms with Gasteiger partial charge in [-0.05, 0) is 12.8 Å². The fourth-order valence-corrected chi connectivity index (χ4v) is 2.45. The molecule has 0 spiro atoms. The van der Waals surface area contributed by atoms with Crippen LogP contribution in [0.15, 0.2) is 30.3 Å². The molecule has 0 saturated heterocycles. The van der Waals surface area contributed by atoms with Crippen molar-refractivity contribution < 1.29 is 39.9 Å². The van der Waals surface area contributed by atoms with Gasteiger partial charge in [0.15, 0.2) is 6.17 Å². The molecule has 1 atom stereocenters. The highest BCUT2D eigenvalue weighted by atomic mass is 32.2. The average Bonchev–Trinajstić information content (AvgIpc) is 2.50. The van der Waals surface area contributed by atoms with E-state index in [2.05, 4.69) is 0 Å². The molecule has 136 valence electrons. The third-order valence-corrected chi connectivity index (χ3v) is 4.00. The van der Waals surface area contributed by atoms with Crippen LogP contribution in [-0.4, -0.2) is 35.1 Å². The first-order valence-corrected chi connectivity index (χ1v) is 7.58. The number of thioether (sulfide) groups is 1. The molecule has 0 bridgehead atoms. The highest BCUT2D eigenvalue weighted by Gasteiger charge is 2.75. The number of carbonyl (C=O) groups is 1. The Labute approximate surface area is 136 Å². The minimum absolute atomic E-state index is 0.193. The number of hydrogen-bond donors (Lipinski definition) is 0. The second-order valence-electron chi connectivity index (χ2n) is 4.81. The molecule has 0 N–H and O–H groups in total. The van der Waals surface area contributed by atoms with Crippen molar-refractivity contribution in [3.05, 3.63) is 35.9 Å². The molecular weight excluding hydrogens is 368 g/mol. The molecule has 0 amide bonds. The molecule has 0 saturated carbocycles. The molecule has 1 nitrogen and oxygen atoms in total. The SMILES string of the molecule is O=C(SCCCC(F)C(F)(F)C(F)(F)C(F)(F)F)c1ccccc1. The van der Waals surface area contributed by atoms with Crippen LogP contribution in [-0.2, 0) is 0 Å². The molecule has 0 aliphatic heterocycles. The third-order valence-electron chi connectivity index (χ3n) is 3.01. The zero-order valence-electron chi connectivity index (χ0n) is 11.9. The predicted molar refractivity (Wildman–Crippen MR) is 73.3 cm³/mol. The summed E-state index contributed by atoms with van der Waals surface area (Å²) in [4.78, 5) is 11.6. The highest BCUT2D eigenvalue weighted by molar-refractivity contribution is 8.14. The maximum Gasteiger partial charge on any atom is 0.459 e. The van der Waals surface area contributed by atoms with E-state index in [-0.39, 0.29) is 5.75 Å². The summed E-state index contributed by atoms with van der Waals surface area (Å²) >= 11 is 0.635. The molecule has 0 aliphatic rings. The summed E-state index contributed by atoms with van der Waals surface area (Å²) in [7, 11) is 0. The van der Waals surface area contributed by atoms with Gasteiger partial charge in [-0.1, -0.05) is 42.1 Å². The first-order chi connectivity index (χ1) is 10.9. The molecule has 1 aromatic carbocycles. The molecule has 10 heteroatoms. The number of carbonyl (C=O) groups excluding carboxylic acids is 1. The van der Waals surface area contributed by atoms with Crippen molar-refractivity contribution in [1.82, 2.24) is 0 Å². The number of halogens is 8. The second kappa shape index (κ2) is 7.71. The van der Waals surface area contributed by atoms with Gasteiger partial charge < -0.3 is 0 Å². The summed E-state index contributed by atoms with van der Waals surface area (Å²) in [5, 5.41) is -0.446. The standard InChI is InChI=1S/C14H12F8OS/c15-10(12(16,17)13(18,19)14(20,21)22)7-4-8-24-11(23)9-5-2-1-3-6-9/h1-3,5-6,10H,4,7-8H2. The Balaban J connectivity index is 2.51. The van der Waals surface area contributed by atoms with E-state index in [1.807, 2.05) is 0 Å². The molecular formula is C14H12F8OS. The molecule has 0 fully saturated rings. The van der Waals surface area contributed by atoms with Gasteiger partial charge in [-0.3, -0.25) is 4.79 Å². The fourth-order valence-electron chi connectivity index (χ4n) is 1.65. The Morgan fingerprint density at radius 3 is 2.04 bits per heavy atom. The van der Waals surface area contributed by atoms with Crippen LogP contribution >= 0.6 is 11.8 Å². The predicted octanol–water partition coefficient (Wildman–Crippen LogP) is 5.51. The lowest BCUT2D eigenvalue weighted by atomic mass is 10.0. The van der Waals surface area contributed by atoms with E-state index in [1.54, 1.807) is 18.2 Å². The first kappa shape index (κ1) is 20.7. The van der Waals surface area contributed by atoms with Gasteiger partial charge in [0.1, 0.15) is 0 Å². The molecule has 0 heterocycles. The normalized spacial score (nSPS) is 14.5. The van der Waals surface area contributed by atoms with E-state index in [0.29, 0.717) is 17.3 Å². The summed E-state index contributed by atoms with van der Waals surface area (Å²) < 4.78 is 100. The zero-order chi connectivity index (χ0) is 18.6. The fraction of sp³-hybridized carbons (Fsp3) is 0.500. The lowest BCUT2D eigenvalue weighted by Gasteiger charge is -2.30. The maximum absolute atomic E-state index is 13.2. The van der Waals surface area contributed by atoms with E-state index in [0.717, 1.165) is 0 Å². The third kappa shape index (κ3) is 4.61. The molecule has 24 heavy (non-hydrogen) atoms. The van der Waals surface area contributed by atoms with Gasteiger partial charge in [0.2, 0.25) is 5.12 Å². The van der Waals surface area contributed by atoms with Crippen LogP contribution in [0, 0.1) is 0 Å². The van der Waals surface area contributed by atoms with Crippen molar-refractivity contribution in [1.29, 1.82) is 0 Å². The molecule has 1 unspecified atom stereocenters. The Morgan fingerprint density at radius 1 is 1.00 bits per heavy atom. The lowest BCUT2D eigenvalue weighted by Crippen LogP contribution is -2.56. The lowest BCUT2D eigenvalue weighted by molar-refractivity contribution is -0.366. The van der Waals surface area contributed by atoms with Gasteiger partial charge in [-0.25, -0.2) is 4.39 Å². The molecule has 0 aliphatic carbocycles. The maximum atomic E-state index is 13.2. The van der Waals surface area contributed by atoms with Gasteiger partial charge in [0, 0.05) is 11.3 Å². The number of benzene rings is 1. The van der Waals surface area contributed by atoms with Crippen molar-refractivity contribution in [2.45, 2.75) is 37.0 Å². The van der Waals surface area contributed by atoms with E-state index >= 15 is 0 Å². The van der Waals surface area contributed by atoms with Crippen LogP contribution in [0.4, 0.5) is 35.1 Å². The van der Waals surface area contributed by atoms with Crippen LogP contribution in [0.3, 0.4) is 0 Å². The first-order valence-electron chi connectivity index (χ1n) is 6.60. The minimum atomic E-state index is -6.56. The van der Waals surface area contributed by atoms with Crippen molar-refractivity contribution in [2.24, 2.45) is 0 Å². The Hall–Kier alpha value is -1.32. The number of rotatable bonds is 7.